The van der Waals surface area contributed by atoms with Gasteiger partial charge in [0.1, 0.15) is 24.4 Å². The number of aliphatic hydroxyl groups is 1. The Labute approximate surface area is 116 Å². The molecule has 0 saturated carbocycles. The van der Waals surface area contributed by atoms with E-state index in [4.69, 9.17) is 14.2 Å². The van der Waals surface area contributed by atoms with Crippen LogP contribution in [-0.2, 0) is 28.5 Å². The summed E-state index contributed by atoms with van der Waals surface area (Å²) < 4.78 is 20.9. The fourth-order valence-corrected chi connectivity index (χ4v) is 2.39. The molecule has 0 aromatic carbocycles. The lowest BCUT2D eigenvalue weighted by molar-refractivity contribution is -0.213. The molecule has 2 aliphatic heterocycles. The first-order valence-corrected chi connectivity index (χ1v) is 6.39. The second kappa shape index (κ2) is 6.04. The van der Waals surface area contributed by atoms with E-state index in [1.54, 1.807) is 0 Å². The molecule has 2 aliphatic rings. The maximum absolute atomic E-state index is 11.4. The standard InChI is InChI=1S/C12H19NO7/c1-5(11(16)17-3)19-10-8(13-6(2)14)12-18-4-7(20-12)9(10)15/h5,7-10,12,15H,4H2,1-3H3,(H,13,14)/t5-,7-,8-,9-,10-,12-/m1/s1. The molecule has 20 heavy (non-hydrogen) atoms. The van der Waals surface area contributed by atoms with Crippen LogP contribution < -0.4 is 5.32 Å². The number of aliphatic hydroxyl groups excluding tert-OH is 1. The number of ether oxygens (including phenoxy) is 4. The van der Waals surface area contributed by atoms with Crippen molar-refractivity contribution in [2.75, 3.05) is 13.7 Å². The van der Waals surface area contributed by atoms with Crippen molar-refractivity contribution in [2.45, 2.75) is 50.6 Å². The molecule has 0 aliphatic carbocycles. The number of carbonyl (C=O) groups excluding carboxylic acids is 2. The quantitative estimate of drug-likeness (QED) is 0.610. The van der Waals surface area contributed by atoms with Gasteiger partial charge in [-0.15, -0.1) is 0 Å². The summed E-state index contributed by atoms with van der Waals surface area (Å²) in [6.07, 6.45) is -3.90. The van der Waals surface area contributed by atoms with Crippen LogP contribution in [0.4, 0.5) is 0 Å². The van der Waals surface area contributed by atoms with Crippen LogP contribution in [0.2, 0.25) is 0 Å². The van der Waals surface area contributed by atoms with Gasteiger partial charge in [0.2, 0.25) is 5.91 Å². The summed E-state index contributed by atoms with van der Waals surface area (Å²) in [6, 6.07) is -0.687. The van der Waals surface area contributed by atoms with E-state index in [1.165, 1.54) is 21.0 Å². The van der Waals surface area contributed by atoms with Gasteiger partial charge in [0, 0.05) is 6.92 Å². The molecule has 0 aromatic rings. The van der Waals surface area contributed by atoms with E-state index in [-0.39, 0.29) is 12.5 Å². The second-order valence-corrected chi connectivity index (χ2v) is 4.86. The highest BCUT2D eigenvalue weighted by molar-refractivity contribution is 5.74. The third-order valence-electron chi connectivity index (χ3n) is 3.36. The first-order chi connectivity index (χ1) is 9.43. The summed E-state index contributed by atoms with van der Waals surface area (Å²) in [5.41, 5.74) is 0. The van der Waals surface area contributed by atoms with E-state index in [0.29, 0.717) is 0 Å². The average molecular weight is 289 g/mol. The van der Waals surface area contributed by atoms with Crippen LogP contribution in [0.15, 0.2) is 0 Å². The summed E-state index contributed by atoms with van der Waals surface area (Å²) in [4.78, 5) is 22.7. The number of rotatable bonds is 4. The SMILES string of the molecule is COC(=O)[C@@H](C)O[C@H]1[C@H](O)[C@H]2CO[C@H](O2)[C@@H]1NC(C)=O. The summed E-state index contributed by atoms with van der Waals surface area (Å²) in [7, 11) is 1.25. The van der Waals surface area contributed by atoms with E-state index in [2.05, 4.69) is 10.1 Å². The van der Waals surface area contributed by atoms with Crippen molar-refractivity contribution in [2.24, 2.45) is 0 Å². The normalized spacial score (nSPS) is 37.3. The van der Waals surface area contributed by atoms with Gasteiger partial charge < -0.3 is 29.4 Å². The predicted octanol–water partition coefficient (Wildman–Crippen LogP) is -1.45. The Hall–Kier alpha value is -1.22. The van der Waals surface area contributed by atoms with E-state index in [0.717, 1.165) is 0 Å². The Morgan fingerprint density at radius 3 is 2.75 bits per heavy atom. The highest BCUT2D eigenvalue weighted by atomic mass is 16.7. The molecule has 1 amide bonds. The minimum atomic E-state index is -1.00. The van der Waals surface area contributed by atoms with Gasteiger partial charge in [-0.25, -0.2) is 4.79 Å². The number of nitrogens with one attached hydrogen (secondary N) is 1. The molecular formula is C12H19NO7. The van der Waals surface area contributed by atoms with Gasteiger partial charge in [-0.1, -0.05) is 0 Å². The third kappa shape index (κ3) is 2.93. The molecule has 8 nitrogen and oxygen atoms in total. The highest BCUT2D eigenvalue weighted by Crippen LogP contribution is 2.30. The Morgan fingerprint density at radius 2 is 2.15 bits per heavy atom. The monoisotopic (exact) mass is 289 g/mol. The van der Waals surface area contributed by atoms with Gasteiger partial charge in [0.25, 0.3) is 0 Å². The van der Waals surface area contributed by atoms with Crippen molar-refractivity contribution < 1.29 is 33.6 Å². The topological polar surface area (TPSA) is 103 Å². The number of hydrogen-bond acceptors (Lipinski definition) is 7. The number of fused-ring (bicyclic) bond motifs is 2. The molecule has 2 N–H and O–H groups in total. The molecule has 2 saturated heterocycles. The van der Waals surface area contributed by atoms with Crippen LogP contribution in [0.3, 0.4) is 0 Å². The van der Waals surface area contributed by atoms with Crippen LogP contribution >= 0.6 is 0 Å². The zero-order valence-electron chi connectivity index (χ0n) is 11.6. The molecule has 6 atom stereocenters. The van der Waals surface area contributed by atoms with Crippen molar-refractivity contribution in [1.29, 1.82) is 0 Å². The molecule has 8 heteroatoms. The van der Waals surface area contributed by atoms with Gasteiger partial charge in [0.05, 0.1) is 13.7 Å². The van der Waals surface area contributed by atoms with Gasteiger partial charge >= 0.3 is 5.97 Å². The van der Waals surface area contributed by atoms with Crippen LogP contribution in [0.1, 0.15) is 13.8 Å². The Kier molecular flexibility index (Phi) is 4.59. The van der Waals surface area contributed by atoms with Gasteiger partial charge in [-0.05, 0) is 6.92 Å². The minimum Gasteiger partial charge on any atom is -0.467 e. The van der Waals surface area contributed by atoms with E-state index >= 15 is 0 Å². The van der Waals surface area contributed by atoms with Crippen molar-refractivity contribution >= 4 is 11.9 Å². The zero-order valence-corrected chi connectivity index (χ0v) is 11.6. The summed E-state index contributed by atoms with van der Waals surface area (Å²) in [5, 5.41) is 12.8. The molecule has 0 radical (unpaired) electrons. The number of carbonyl (C=O) groups is 2. The predicted molar refractivity (Wildman–Crippen MR) is 64.6 cm³/mol. The smallest absolute Gasteiger partial charge is 0.334 e. The largest absolute Gasteiger partial charge is 0.467 e. The van der Waals surface area contributed by atoms with Gasteiger partial charge in [0.15, 0.2) is 12.4 Å². The molecular weight excluding hydrogens is 270 g/mol. The molecule has 0 aromatic heterocycles. The molecule has 2 heterocycles. The molecule has 0 spiro atoms. The number of amides is 1. The third-order valence-corrected chi connectivity index (χ3v) is 3.36. The first-order valence-electron chi connectivity index (χ1n) is 6.39. The summed E-state index contributed by atoms with van der Waals surface area (Å²) in [5.74, 6) is -0.863. The van der Waals surface area contributed by atoms with Gasteiger partial charge in [-0.3, -0.25) is 4.79 Å². The van der Waals surface area contributed by atoms with Crippen molar-refractivity contribution in [3.63, 3.8) is 0 Å². The highest BCUT2D eigenvalue weighted by Gasteiger charge is 2.52. The molecule has 2 bridgehead atoms. The molecule has 2 rings (SSSR count). The van der Waals surface area contributed by atoms with Crippen molar-refractivity contribution in [1.82, 2.24) is 5.32 Å². The molecule has 0 unspecified atom stereocenters. The fraction of sp³-hybridized carbons (Fsp3) is 0.833. The van der Waals surface area contributed by atoms with E-state index in [9.17, 15) is 14.7 Å². The van der Waals surface area contributed by atoms with Crippen molar-refractivity contribution in [3.8, 4) is 0 Å². The Balaban J connectivity index is 2.12. The van der Waals surface area contributed by atoms with Crippen LogP contribution in [0.5, 0.6) is 0 Å². The lowest BCUT2D eigenvalue weighted by atomic mass is 9.98. The molecule has 114 valence electrons. The number of hydrogen-bond donors (Lipinski definition) is 2. The second-order valence-electron chi connectivity index (χ2n) is 4.86. The Morgan fingerprint density at radius 1 is 1.45 bits per heavy atom. The lowest BCUT2D eigenvalue weighted by Crippen LogP contribution is -2.62. The van der Waals surface area contributed by atoms with E-state index in [1.807, 2.05) is 0 Å². The Bertz CT molecular complexity index is 388. The number of esters is 1. The van der Waals surface area contributed by atoms with Gasteiger partial charge in [-0.2, -0.15) is 0 Å². The summed E-state index contributed by atoms with van der Waals surface area (Å²) in [6.45, 7) is 3.07. The zero-order chi connectivity index (χ0) is 14.9. The lowest BCUT2D eigenvalue weighted by Gasteiger charge is -2.39. The maximum atomic E-state index is 11.4. The molecule has 2 fully saturated rings. The van der Waals surface area contributed by atoms with Crippen LogP contribution in [0, 0.1) is 0 Å². The number of methoxy groups -OCH3 is 1. The van der Waals surface area contributed by atoms with Crippen LogP contribution in [-0.4, -0.2) is 67.4 Å². The van der Waals surface area contributed by atoms with Crippen molar-refractivity contribution in [3.05, 3.63) is 0 Å². The maximum Gasteiger partial charge on any atom is 0.334 e. The van der Waals surface area contributed by atoms with Crippen LogP contribution in [0.25, 0.3) is 0 Å². The minimum absolute atomic E-state index is 0.217. The first kappa shape index (κ1) is 15.2. The van der Waals surface area contributed by atoms with E-state index < -0.39 is 42.7 Å². The average Bonchev–Trinajstić information content (AvgIpc) is 2.85. The summed E-state index contributed by atoms with van der Waals surface area (Å²) >= 11 is 0. The fourth-order valence-electron chi connectivity index (χ4n) is 2.39.